The van der Waals surface area contributed by atoms with Gasteiger partial charge in [-0.05, 0) is 37.1 Å². The number of anilines is 2. The molecule has 84 valence electrons. The molecular formula is C11H19N3O. The number of aliphatic hydroxyl groups excluding tert-OH is 1. The summed E-state index contributed by atoms with van der Waals surface area (Å²) < 4.78 is 0. The maximum absolute atomic E-state index is 8.67. The van der Waals surface area contributed by atoms with Crippen LogP contribution in [0.4, 0.5) is 11.4 Å². The molecule has 15 heavy (non-hydrogen) atoms. The van der Waals surface area contributed by atoms with Crippen molar-refractivity contribution in [2.45, 2.75) is 19.4 Å². The first-order valence-electron chi connectivity index (χ1n) is 5.11. The molecule has 6 N–H and O–H groups in total. The van der Waals surface area contributed by atoms with Gasteiger partial charge in [0.05, 0.1) is 6.61 Å². The van der Waals surface area contributed by atoms with Crippen LogP contribution in [0.25, 0.3) is 0 Å². The van der Waals surface area contributed by atoms with Crippen molar-refractivity contribution in [3.05, 3.63) is 23.8 Å². The third-order valence-electron chi connectivity index (χ3n) is 2.30. The molecule has 1 atom stereocenters. The molecule has 1 aromatic rings. The Kier molecular flexibility index (Phi) is 4.39. The van der Waals surface area contributed by atoms with Crippen LogP contribution in [0.1, 0.15) is 12.5 Å². The highest BCUT2D eigenvalue weighted by Crippen LogP contribution is 2.17. The van der Waals surface area contributed by atoms with E-state index in [2.05, 4.69) is 12.2 Å². The van der Waals surface area contributed by atoms with Gasteiger partial charge in [0.25, 0.3) is 0 Å². The van der Waals surface area contributed by atoms with Gasteiger partial charge in [-0.25, -0.2) is 0 Å². The fourth-order valence-corrected chi connectivity index (χ4v) is 1.52. The summed E-state index contributed by atoms with van der Waals surface area (Å²) >= 11 is 0. The molecule has 0 aliphatic carbocycles. The molecular weight excluding hydrogens is 190 g/mol. The monoisotopic (exact) mass is 209 g/mol. The largest absolute Gasteiger partial charge is 0.399 e. The molecule has 4 nitrogen and oxygen atoms in total. The van der Waals surface area contributed by atoms with E-state index >= 15 is 0 Å². The standard InChI is InChI=1S/C11H19N3O/c1-8(14-4-5-15)6-9-7-10(12)2-3-11(9)13/h2-3,7-8,14-15H,4-6,12-13H2,1H3. The lowest BCUT2D eigenvalue weighted by Gasteiger charge is -2.14. The Hall–Kier alpha value is -1.26. The third kappa shape index (κ3) is 3.77. The zero-order chi connectivity index (χ0) is 11.3. The average molecular weight is 209 g/mol. The lowest BCUT2D eigenvalue weighted by molar-refractivity contribution is 0.285. The highest BCUT2D eigenvalue weighted by molar-refractivity contribution is 5.55. The van der Waals surface area contributed by atoms with Gasteiger partial charge < -0.3 is 21.9 Å². The maximum atomic E-state index is 8.67. The average Bonchev–Trinajstić information content (AvgIpc) is 2.20. The lowest BCUT2D eigenvalue weighted by atomic mass is 10.0. The molecule has 0 amide bonds. The van der Waals surface area contributed by atoms with Crippen LogP contribution < -0.4 is 16.8 Å². The number of nitrogen functional groups attached to an aromatic ring is 2. The highest BCUT2D eigenvalue weighted by atomic mass is 16.3. The van der Waals surface area contributed by atoms with Gasteiger partial charge in [0, 0.05) is 24.0 Å². The van der Waals surface area contributed by atoms with Crippen molar-refractivity contribution in [1.29, 1.82) is 0 Å². The number of hydrogen-bond donors (Lipinski definition) is 4. The molecule has 0 saturated heterocycles. The van der Waals surface area contributed by atoms with Crippen LogP contribution in [0.15, 0.2) is 18.2 Å². The third-order valence-corrected chi connectivity index (χ3v) is 2.30. The first-order valence-corrected chi connectivity index (χ1v) is 5.11. The molecule has 0 fully saturated rings. The van der Waals surface area contributed by atoms with Crippen molar-refractivity contribution < 1.29 is 5.11 Å². The van der Waals surface area contributed by atoms with Crippen LogP contribution in [-0.2, 0) is 6.42 Å². The van der Waals surface area contributed by atoms with Gasteiger partial charge >= 0.3 is 0 Å². The number of aliphatic hydroxyl groups is 1. The highest BCUT2D eigenvalue weighted by Gasteiger charge is 2.05. The van der Waals surface area contributed by atoms with E-state index in [1.165, 1.54) is 0 Å². The molecule has 0 aromatic heterocycles. The van der Waals surface area contributed by atoms with Crippen molar-refractivity contribution >= 4 is 11.4 Å². The van der Waals surface area contributed by atoms with Crippen molar-refractivity contribution in [3.63, 3.8) is 0 Å². The minimum atomic E-state index is 0.150. The van der Waals surface area contributed by atoms with Crippen molar-refractivity contribution in [1.82, 2.24) is 5.32 Å². The molecule has 0 saturated carbocycles. The summed E-state index contributed by atoms with van der Waals surface area (Å²) in [7, 11) is 0. The zero-order valence-corrected chi connectivity index (χ0v) is 9.03. The van der Waals surface area contributed by atoms with Gasteiger partial charge in [-0.1, -0.05) is 0 Å². The normalized spacial score (nSPS) is 12.7. The van der Waals surface area contributed by atoms with Crippen LogP contribution in [0.2, 0.25) is 0 Å². The van der Waals surface area contributed by atoms with Crippen LogP contribution in [0.5, 0.6) is 0 Å². The van der Waals surface area contributed by atoms with Crippen molar-refractivity contribution in [3.8, 4) is 0 Å². The van der Waals surface area contributed by atoms with Gasteiger partial charge in [0.1, 0.15) is 0 Å². The molecule has 0 spiro atoms. The molecule has 0 aliphatic heterocycles. The first-order chi connectivity index (χ1) is 7.13. The van der Waals surface area contributed by atoms with Crippen molar-refractivity contribution in [2.75, 3.05) is 24.6 Å². The molecule has 0 radical (unpaired) electrons. The molecule has 0 heterocycles. The number of benzene rings is 1. The number of hydrogen-bond acceptors (Lipinski definition) is 4. The van der Waals surface area contributed by atoms with Gasteiger partial charge in [0.15, 0.2) is 0 Å². The summed E-state index contributed by atoms with van der Waals surface area (Å²) in [6.45, 7) is 2.80. The van der Waals surface area contributed by atoms with Crippen LogP contribution in [0, 0.1) is 0 Å². The second-order valence-corrected chi connectivity index (χ2v) is 3.74. The zero-order valence-electron chi connectivity index (χ0n) is 9.03. The molecule has 0 aliphatic rings. The van der Waals surface area contributed by atoms with Gasteiger partial charge in [-0.2, -0.15) is 0 Å². The van der Waals surface area contributed by atoms with E-state index in [1.807, 2.05) is 12.1 Å². The van der Waals surface area contributed by atoms with Crippen LogP contribution >= 0.6 is 0 Å². The van der Waals surface area contributed by atoms with E-state index in [4.69, 9.17) is 16.6 Å². The fourth-order valence-electron chi connectivity index (χ4n) is 1.52. The van der Waals surface area contributed by atoms with E-state index in [0.717, 1.165) is 23.4 Å². The smallest absolute Gasteiger partial charge is 0.0556 e. The molecule has 4 heteroatoms. The van der Waals surface area contributed by atoms with Gasteiger partial charge in [-0.15, -0.1) is 0 Å². The summed E-state index contributed by atoms with van der Waals surface area (Å²) in [5, 5.41) is 11.9. The Morgan fingerprint density at radius 2 is 2.13 bits per heavy atom. The van der Waals surface area contributed by atoms with E-state index in [-0.39, 0.29) is 12.6 Å². The number of nitrogens with one attached hydrogen (secondary N) is 1. The quantitative estimate of drug-likeness (QED) is 0.528. The summed E-state index contributed by atoms with van der Waals surface area (Å²) in [6, 6.07) is 5.79. The minimum absolute atomic E-state index is 0.150. The van der Waals surface area contributed by atoms with Crippen LogP contribution in [-0.4, -0.2) is 24.3 Å². The summed E-state index contributed by atoms with van der Waals surface area (Å²) in [5.41, 5.74) is 14.1. The topological polar surface area (TPSA) is 84.3 Å². The summed E-state index contributed by atoms with van der Waals surface area (Å²) in [5.74, 6) is 0. The summed E-state index contributed by atoms with van der Waals surface area (Å²) in [6.07, 6.45) is 0.816. The Bertz CT molecular complexity index is 315. The first kappa shape index (κ1) is 11.8. The fraction of sp³-hybridized carbons (Fsp3) is 0.455. The van der Waals surface area contributed by atoms with E-state index in [1.54, 1.807) is 6.07 Å². The Morgan fingerprint density at radius 3 is 2.80 bits per heavy atom. The number of rotatable bonds is 5. The molecule has 0 bridgehead atoms. The Morgan fingerprint density at radius 1 is 1.40 bits per heavy atom. The predicted octanol–water partition coefficient (Wildman–Crippen LogP) is 0.364. The Balaban J connectivity index is 2.59. The Labute approximate surface area is 90.3 Å². The molecule has 1 rings (SSSR count). The van der Waals surface area contributed by atoms with Gasteiger partial charge in [0.2, 0.25) is 0 Å². The SMILES string of the molecule is CC(Cc1cc(N)ccc1N)NCCO. The second kappa shape index (κ2) is 5.58. The lowest BCUT2D eigenvalue weighted by Crippen LogP contribution is -2.30. The molecule has 1 aromatic carbocycles. The van der Waals surface area contributed by atoms with Gasteiger partial charge in [-0.3, -0.25) is 0 Å². The minimum Gasteiger partial charge on any atom is -0.399 e. The summed E-state index contributed by atoms with van der Waals surface area (Å²) in [4.78, 5) is 0. The predicted molar refractivity (Wildman–Crippen MR) is 63.5 cm³/mol. The van der Waals surface area contributed by atoms with Crippen LogP contribution in [0.3, 0.4) is 0 Å². The molecule has 1 unspecified atom stereocenters. The van der Waals surface area contributed by atoms with Crippen molar-refractivity contribution in [2.24, 2.45) is 0 Å². The second-order valence-electron chi connectivity index (χ2n) is 3.74. The van der Waals surface area contributed by atoms with E-state index in [9.17, 15) is 0 Å². The number of nitrogens with two attached hydrogens (primary N) is 2. The van der Waals surface area contributed by atoms with E-state index < -0.39 is 0 Å². The van der Waals surface area contributed by atoms with E-state index in [0.29, 0.717) is 6.54 Å². The maximum Gasteiger partial charge on any atom is 0.0556 e.